The quantitative estimate of drug-likeness (QED) is 0.104. The molecule has 17 aromatic rings. The van der Waals surface area contributed by atoms with Crippen molar-refractivity contribution in [3.8, 4) is 0 Å². The topological polar surface area (TPSA) is 431 Å². The second kappa shape index (κ2) is 38.1. The summed E-state index contributed by atoms with van der Waals surface area (Å²) in [5.41, 5.74) is 14.0. The molecule has 0 atom stereocenters. The number of fused-ring (bicyclic) bond motifs is 13. The van der Waals surface area contributed by atoms with E-state index in [1.165, 1.54) is 21.4 Å². The largest absolute Gasteiger partial charge is 0.398 e. The van der Waals surface area contributed by atoms with E-state index < -0.39 is 5.82 Å². The summed E-state index contributed by atoms with van der Waals surface area (Å²) >= 11 is 0. The van der Waals surface area contributed by atoms with Crippen molar-refractivity contribution >= 4 is 132 Å². The molecule has 21 rings (SSSR count). The molecule has 38 nitrogen and oxygen atoms in total. The molecular formula is C89H104FN29O9. The number of H-pyrrole nitrogens is 2. The van der Waals surface area contributed by atoms with Gasteiger partial charge in [0.05, 0.1) is 42.1 Å². The molecule has 17 aromatic heterocycles. The maximum atomic E-state index is 13.4. The fourth-order valence-electron chi connectivity index (χ4n) is 14.6. The van der Waals surface area contributed by atoms with Crippen molar-refractivity contribution in [2.24, 2.45) is 9.98 Å². The second-order valence-electron chi connectivity index (χ2n) is 33.0. The highest BCUT2D eigenvalue weighted by Gasteiger charge is 2.28. The summed E-state index contributed by atoms with van der Waals surface area (Å²) < 4.78 is 38.9. The second-order valence-corrected chi connectivity index (χ2v) is 33.0. The van der Waals surface area contributed by atoms with Gasteiger partial charge in [-0.05, 0) is 161 Å². The average molecular weight is 1740 g/mol. The molecule has 0 saturated heterocycles. The van der Waals surface area contributed by atoms with Gasteiger partial charge in [0.1, 0.15) is 40.8 Å². The zero-order valence-corrected chi connectivity index (χ0v) is 74.5. The average Bonchev–Trinajstić information content (AvgIpc) is 1.61. The Hall–Kier alpha value is -15.2. The van der Waals surface area contributed by atoms with Gasteiger partial charge in [0.2, 0.25) is 28.8 Å². The first-order valence-electron chi connectivity index (χ1n) is 42.1. The molecule has 20 heterocycles. The maximum Gasteiger partial charge on any atom is 0.287 e. The Bertz CT molecular complexity index is 7240. The third-order valence-electron chi connectivity index (χ3n) is 21.2. The minimum atomic E-state index is -0.462. The van der Waals surface area contributed by atoms with Crippen molar-refractivity contribution < 1.29 is 23.6 Å². The number of aromatic nitrogens is 25. The molecule has 0 radical (unpaired) electrons. The van der Waals surface area contributed by atoms with Crippen LogP contribution in [-0.4, -0.2) is 154 Å². The maximum absolute atomic E-state index is 13.4. The standard InChI is InChI=1S/C11H12N4O.C10H11FN2O.C10H11N5O2.C10H11N5O.C10H13N3.2C10H12N2O.2C9H11N3O/c1-7(2)15-6-12-9-10(16)13-8-4-3-5-14(8)11(9)15;1-6(2)13-5-7(11)9-8(14)3-4-12-10(9)13;1-5(2)15-4-11-7-8(15)13-10-12-6(16)3-14(10)9(7)17;1-6(2)15-5-12-7-8(15)13-10-11-3-4-14(10)9(7)16;1-7(2)13-6-4-8-9(11)3-5-12-10(8)13;1-7(2)12-6-4-8-9(13)3-5-11-10(8)12;1-7(2)12-6-11-10-8(12)4-3-5-9(10)13;1-7(2)11-5-3-8(13)12-6-4-10-9(11)12;1-7(2)11-5-3-8(13)9-10-4-6-12(9)11/h3-7H,1-2H3,(H,13,16);4-6H,3H2,1-2H3;4-5H,3H2,1-2H3,(H,12,13,16);3-6H,1-2H3,(H,11,13);3-7H,1-2H3,(H2,11,12);4-7H,3H2,1-2H3;3-4,6-7H,5H2,1-2H3;2*3-7H,1-2H3. The fraction of sp³-hybridized carbons (Fsp3) is 0.348. The summed E-state index contributed by atoms with van der Waals surface area (Å²) in [6.45, 7) is 36.8. The first-order valence-corrected chi connectivity index (χ1v) is 42.1. The van der Waals surface area contributed by atoms with E-state index in [1.54, 1.807) is 113 Å². The first kappa shape index (κ1) is 90.5. The van der Waals surface area contributed by atoms with Gasteiger partial charge in [-0.15, -0.1) is 0 Å². The Morgan fingerprint density at radius 3 is 1.77 bits per heavy atom. The van der Waals surface area contributed by atoms with Crippen LogP contribution in [0.2, 0.25) is 0 Å². The zero-order chi connectivity index (χ0) is 92.1. The van der Waals surface area contributed by atoms with Crippen molar-refractivity contribution in [1.82, 2.24) is 118 Å². The number of anilines is 2. The van der Waals surface area contributed by atoms with Gasteiger partial charge >= 0.3 is 0 Å². The number of pyridine rings is 1. The number of nitrogens with two attached hydrogens (primary N) is 1. The van der Waals surface area contributed by atoms with Crippen LogP contribution in [-0.2, 0) is 11.3 Å². The minimum Gasteiger partial charge on any atom is -0.398 e. The number of allylic oxidation sites excluding steroid dienone is 1. The fourth-order valence-corrected chi connectivity index (χ4v) is 14.6. The summed E-state index contributed by atoms with van der Waals surface area (Å²) in [5, 5.41) is 3.60. The van der Waals surface area contributed by atoms with Crippen LogP contribution in [0.1, 0.15) is 235 Å². The third kappa shape index (κ3) is 18.5. The molecule has 39 heteroatoms. The molecule has 128 heavy (non-hydrogen) atoms. The lowest BCUT2D eigenvalue weighted by atomic mass is 10.1. The third-order valence-corrected chi connectivity index (χ3v) is 21.2. The number of amides is 1. The Kier molecular flexibility index (Phi) is 26.9. The molecule has 3 aliphatic heterocycles. The highest BCUT2D eigenvalue weighted by molar-refractivity contribution is 6.10. The van der Waals surface area contributed by atoms with Crippen LogP contribution in [0.25, 0.3) is 73.5 Å². The molecule has 0 aromatic carbocycles. The van der Waals surface area contributed by atoms with Gasteiger partial charge < -0.3 is 52.2 Å². The first-order chi connectivity index (χ1) is 61.0. The molecule has 0 fully saturated rings. The van der Waals surface area contributed by atoms with Gasteiger partial charge in [0.15, 0.2) is 56.7 Å². The molecule has 1 aliphatic carbocycles. The van der Waals surface area contributed by atoms with Gasteiger partial charge in [-0.3, -0.25) is 66.5 Å². The van der Waals surface area contributed by atoms with Gasteiger partial charge in [-0.1, -0.05) is 6.08 Å². The van der Waals surface area contributed by atoms with E-state index in [-0.39, 0.29) is 93.6 Å². The lowest BCUT2D eigenvalue weighted by Crippen LogP contribution is -2.20. The van der Waals surface area contributed by atoms with Crippen molar-refractivity contribution in [3.63, 3.8) is 0 Å². The number of nitrogen functional groups attached to an aromatic ring is 1. The van der Waals surface area contributed by atoms with Crippen molar-refractivity contribution in [2.75, 3.05) is 11.1 Å². The molecule has 666 valence electrons. The Morgan fingerprint density at radius 1 is 0.461 bits per heavy atom. The van der Waals surface area contributed by atoms with E-state index in [2.05, 4.69) is 158 Å². The lowest BCUT2D eigenvalue weighted by molar-refractivity contribution is -0.115. The van der Waals surface area contributed by atoms with Crippen LogP contribution < -0.4 is 38.7 Å². The number of rotatable bonds is 9. The number of Topliss-reactive ketones (excluding diaryl/α,β-unsaturated/α-hetero) is 3. The summed E-state index contributed by atoms with van der Waals surface area (Å²) in [6.07, 6.45) is 37.4. The van der Waals surface area contributed by atoms with Crippen LogP contribution in [0.5, 0.6) is 0 Å². The van der Waals surface area contributed by atoms with Crippen LogP contribution in [0.3, 0.4) is 0 Å². The molecule has 4 aliphatic rings. The highest BCUT2D eigenvalue weighted by atomic mass is 19.1. The molecule has 0 saturated carbocycles. The number of imidazole rings is 7. The van der Waals surface area contributed by atoms with Crippen LogP contribution in [0, 0.1) is 5.82 Å². The Balaban J connectivity index is 0.000000123. The summed E-state index contributed by atoms with van der Waals surface area (Å²) in [6, 6.07) is 15.1. The minimum absolute atomic E-state index is 0.0195. The smallest absolute Gasteiger partial charge is 0.287 e. The number of nitrogens with one attached hydrogen (secondary N) is 3. The number of hydrogen-bond acceptors (Lipinski definition) is 21. The van der Waals surface area contributed by atoms with E-state index in [1.807, 2.05) is 139 Å². The number of aromatic amines is 2. The SMILES string of the molecule is CC(C)n1cc(F)c2c1N=CCC2=O.CC(C)n1ccc(=O)c2nccn21.CC(C)n1ccc(=O)n2ccnc12.CC(C)n1ccc2c(N)ccnc21.CC(C)n1ccc2c1N=CCC2=O.CC(C)n1cnc2c(=O)[nH]c3cccn3c21.CC(C)n1cnc2c(=O)n3c(nc21)NC(=O)C3.CC(C)n1cnc2c(=O)n3ccnc3[nH]c21.CC(C)n1cnc2c1C=CCC2=O. The number of ketones is 3. The zero-order valence-electron chi connectivity index (χ0n) is 74.5. The Labute approximate surface area is 731 Å². The number of hydrogen-bond donors (Lipinski definition) is 4. The predicted octanol–water partition coefficient (Wildman–Crippen LogP) is 13.9. The van der Waals surface area contributed by atoms with Crippen LogP contribution in [0.15, 0.2) is 188 Å². The molecule has 1 amide bonds. The number of carbonyl (C=O) groups is 4. The molecule has 0 unspecified atom stereocenters. The molecular weight excluding hydrogens is 1640 g/mol. The summed E-state index contributed by atoms with van der Waals surface area (Å²) in [5.74, 6) is 2.22. The van der Waals surface area contributed by atoms with Gasteiger partial charge in [0, 0.05) is 190 Å². The van der Waals surface area contributed by atoms with Gasteiger partial charge in [0.25, 0.3) is 22.2 Å². The molecule has 0 spiro atoms. The number of carbonyl (C=O) groups excluding carboxylic acids is 4. The van der Waals surface area contributed by atoms with Gasteiger partial charge in [-0.2, -0.15) is 4.98 Å². The number of aliphatic imine (C=N–C) groups is 2. The number of nitrogens with zero attached hydrogens (tertiary/aromatic N) is 25. The van der Waals surface area contributed by atoms with Crippen LogP contribution >= 0.6 is 0 Å². The lowest BCUT2D eigenvalue weighted by Gasteiger charge is -2.12. The van der Waals surface area contributed by atoms with E-state index in [0.717, 1.165) is 50.7 Å². The predicted molar refractivity (Wildman–Crippen MR) is 491 cm³/mol. The molecule has 0 bridgehead atoms. The van der Waals surface area contributed by atoms with E-state index in [4.69, 9.17) is 5.73 Å². The van der Waals surface area contributed by atoms with E-state index in [9.17, 15) is 47.5 Å². The summed E-state index contributed by atoms with van der Waals surface area (Å²) in [4.78, 5) is 155. The Morgan fingerprint density at radius 2 is 1.07 bits per heavy atom. The van der Waals surface area contributed by atoms with Crippen molar-refractivity contribution in [3.05, 3.63) is 234 Å². The van der Waals surface area contributed by atoms with Gasteiger partial charge in [-0.25, -0.2) is 63.2 Å². The van der Waals surface area contributed by atoms with E-state index >= 15 is 0 Å². The normalized spacial score (nSPS) is 13.1. The van der Waals surface area contributed by atoms with Crippen molar-refractivity contribution in [2.45, 2.75) is 205 Å². The monoisotopic (exact) mass is 1740 g/mol. The highest BCUT2D eigenvalue weighted by Crippen LogP contribution is 2.33. The number of halogens is 1. The van der Waals surface area contributed by atoms with Crippen LogP contribution in [0.4, 0.5) is 27.7 Å². The molecule has 5 N–H and O–H groups in total. The van der Waals surface area contributed by atoms with Crippen molar-refractivity contribution in [1.29, 1.82) is 0 Å². The van der Waals surface area contributed by atoms with E-state index in [0.29, 0.717) is 99.9 Å². The summed E-state index contributed by atoms with van der Waals surface area (Å²) in [7, 11) is 0.